The molecule has 0 aliphatic heterocycles. The molecule has 0 aliphatic rings. The Morgan fingerprint density at radius 2 is 1.80 bits per heavy atom. The Morgan fingerprint density at radius 3 is 2.52 bits per heavy atom. The van der Waals surface area contributed by atoms with E-state index in [1.165, 1.54) is 6.07 Å². The van der Waals surface area contributed by atoms with Crippen LogP contribution in [0.15, 0.2) is 60.8 Å². The molecular formula is C18H14N4O3. The Kier molecular flexibility index (Phi) is 4.38. The molecule has 124 valence electrons. The number of nitrogens with two attached hydrogens (primary N) is 1. The summed E-state index contributed by atoms with van der Waals surface area (Å²) in [5.74, 6) is 0.448. The molecule has 0 unspecified atom stereocenters. The smallest absolute Gasteiger partial charge is 0.287 e. The third-order valence-corrected chi connectivity index (χ3v) is 3.69. The number of nitrogens with one attached hydrogen (secondary N) is 1. The van der Waals surface area contributed by atoms with Crippen LogP contribution in [0, 0.1) is 10.1 Å². The van der Waals surface area contributed by atoms with Crippen molar-refractivity contribution in [2.24, 2.45) is 0 Å². The minimum absolute atomic E-state index is 0.0228. The molecule has 3 N–H and O–H groups in total. The Hall–Kier alpha value is -3.74. The maximum atomic E-state index is 11.5. The van der Waals surface area contributed by atoms with Gasteiger partial charge in [0.2, 0.25) is 0 Å². The molecule has 0 spiro atoms. The quantitative estimate of drug-likeness (QED) is 0.417. The van der Waals surface area contributed by atoms with Crippen LogP contribution in [0.3, 0.4) is 0 Å². The molecule has 0 fully saturated rings. The lowest BCUT2D eigenvalue weighted by atomic mass is 9.99. The predicted molar refractivity (Wildman–Crippen MR) is 95.9 cm³/mol. The Labute approximate surface area is 143 Å². The summed E-state index contributed by atoms with van der Waals surface area (Å²) in [6.07, 6.45) is 2.07. The number of para-hydroxylation sites is 2. The molecule has 0 saturated heterocycles. The van der Waals surface area contributed by atoms with Gasteiger partial charge in [-0.15, -0.1) is 0 Å². The highest BCUT2D eigenvalue weighted by Crippen LogP contribution is 2.37. The third kappa shape index (κ3) is 3.16. The number of benzene rings is 2. The van der Waals surface area contributed by atoms with Gasteiger partial charge in [-0.3, -0.25) is 14.9 Å². The Morgan fingerprint density at radius 1 is 1.04 bits per heavy atom. The minimum atomic E-state index is -0.551. The van der Waals surface area contributed by atoms with Crippen molar-refractivity contribution in [1.82, 2.24) is 4.98 Å². The van der Waals surface area contributed by atoms with E-state index in [4.69, 9.17) is 5.73 Å². The van der Waals surface area contributed by atoms with Gasteiger partial charge in [-0.25, -0.2) is 4.98 Å². The van der Waals surface area contributed by atoms with Crippen molar-refractivity contribution in [2.45, 2.75) is 0 Å². The van der Waals surface area contributed by atoms with E-state index in [0.717, 1.165) is 0 Å². The molecule has 0 saturated carbocycles. The first-order valence-electron chi connectivity index (χ1n) is 7.41. The van der Waals surface area contributed by atoms with Gasteiger partial charge in [0.1, 0.15) is 0 Å². The van der Waals surface area contributed by atoms with Crippen LogP contribution >= 0.6 is 0 Å². The summed E-state index contributed by atoms with van der Waals surface area (Å²) in [5, 5.41) is 14.6. The second kappa shape index (κ2) is 6.79. The van der Waals surface area contributed by atoms with Crippen LogP contribution in [0.4, 0.5) is 22.9 Å². The van der Waals surface area contributed by atoms with Crippen LogP contribution in [0.25, 0.3) is 11.1 Å². The number of carbonyl (C=O) groups is 1. The van der Waals surface area contributed by atoms with Gasteiger partial charge in [0.25, 0.3) is 5.69 Å². The number of aldehydes is 1. The van der Waals surface area contributed by atoms with Gasteiger partial charge in [-0.05, 0) is 30.3 Å². The van der Waals surface area contributed by atoms with E-state index in [0.29, 0.717) is 34.6 Å². The van der Waals surface area contributed by atoms with E-state index < -0.39 is 4.92 Å². The van der Waals surface area contributed by atoms with E-state index in [9.17, 15) is 14.9 Å². The molecule has 0 amide bonds. The summed E-state index contributed by atoms with van der Waals surface area (Å²) in [7, 11) is 0. The summed E-state index contributed by atoms with van der Waals surface area (Å²) >= 11 is 0. The summed E-state index contributed by atoms with van der Waals surface area (Å²) in [6.45, 7) is 0. The van der Waals surface area contributed by atoms with Crippen LogP contribution in [-0.2, 0) is 0 Å². The lowest BCUT2D eigenvalue weighted by molar-refractivity contribution is -0.384. The standard InChI is InChI=1S/C18H14N4O3/c19-15-8-4-10-20-18(15)21-16-9-2-1-6-13(16)14-7-3-5-12(11-23)17(14)22(24)25/h1-11H,19H2,(H,20,21). The predicted octanol–water partition coefficient (Wildman–Crippen LogP) is 3.80. The van der Waals surface area contributed by atoms with Gasteiger partial charge in [-0.2, -0.15) is 0 Å². The number of nitro groups is 1. The van der Waals surface area contributed by atoms with Gasteiger partial charge in [-0.1, -0.05) is 24.3 Å². The number of nitrogens with zero attached hydrogens (tertiary/aromatic N) is 2. The lowest BCUT2D eigenvalue weighted by Gasteiger charge is -2.13. The number of anilines is 3. The summed E-state index contributed by atoms with van der Waals surface area (Å²) in [6, 6.07) is 15.1. The number of hydrogen-bond acceptors (Lipinski definition) is 6. The molecular weight excluding hydrogens is 320 g/mol. The van der Waals surface area contributed by atoms with E-state index in [-0.39, 0.29) is 11.3 Å². The molecule has 7 heteroatoms. The van der Waals surface area contributed by atoms with Crippen molar-refractivity contribution in [2.75, 3.05) is 11.1 Å². The zero-order chi connectivity index (χ0) is 17.8. The van der Waals surface area contributed by atoms with Gasteiger partial charge >= 0.3 is 0 Å². The second-order valence-corrected chi connectivity index (χ2v) is 5.23. The van der Waals surface area contributed by atoms with Crippen LogP contribution in [-0.4, -0.2) is 16.2 Å². The molecule has 1 aromatic heterocycles. The largest absolute Gasteiger partial charge is 0.396 e. The van der Waals surface area contributed by atoms with Crippen molar-refractivity contribution in [3.05, 3.63) is 76.5 Å². The Balaban J connectivity index is 2.16. The van der Waals surface area contributed by atoms with Gasteiger partial charge in [0, 0.05) is 17.4 Å². The molecule has 7 nitrogen and oxygen atoms in total. The Bertz CT molecular complexity index is 957. The summed E-state index contributed by atoms with van der Waals surface area (Å²) < 4.78 is 0. The number of rotatable bonds is 5. The first kappa shape index (κ1) is 16.1. The molecule has 0 aliphatic carbocycles. The van der Waals surface area contributed by atoms with E-state index in [1.807, 2.05) is 0 Å². The van der Waals surface area contributed by atoms with Crippen LogP contribution in [0.1, 0.15) is 10.4 Å². The fourth-order valence-electron chi connectivity index (χ4n) is 2.55. The number of pyridine rings is 1. The number of nitro benzene ring substituents is 1. The van der Waals surface area contributed by atoms with Crippen molar-refractivity contribution >= 4 is 29.2 Å². The molecule has 0 radical (unpaired) electrons. The maximum absolute atomic E-state index is 11.5. The molecule has 0 bridgehead atoms. The molecule has 25 heavy (non-hydrogen) atoms. The van der Waals surface area contributed by atoms with Crippen LogP contribution < -0.4 is 11.1 Å². The van der Waals surface area contributed by atoms with Crippen molar-refractivity contribution in [3.8, 4) is 11.1 Å². The van der Waals surface area contributed by atoms with Crippen molar-refractivity contribution in [3.63, 3.8) is 0 Å². The molecule has 0 atom stereocenters. The highest BCUT2D eigenvalue weighted by molar-refractivity contribution is 5.93. The maximum Gasteiger partial charge on any atom is 0.287 e. The fraction of sp³-hybridized carbons (Fsp3) is 0. The van der Waals surface area contributed by atoms with Crippen LogP contribution in [0.5, 0.6) is 0 Å². The number of aromatic nitrogens is 1. The van der Waals surface area contributed by atoms with Crippen molar-refractivity contribution in [1.29, 1.82) is 0 Å². The summed E-state index contributed by atoms with van der Waals surface area (Å²) in [5.41, 5.74) is 7.65. The zero-order valence-electron chi connectivity index (χ0n) is 13.0. The van der Waals surface area contributed by atoms with Crippen LogP contribution in [0.2, 0.25) is 0 Å². The number of nitrogen functional groups attached to an aromatic ring is 1. The first-order chi connectivity index (χ1) is 12.1. The normalized spacial score (nSPS) is 10.2. The van der Waals surface area contributed by atoms with Gasteiger partial charge < -0.3 is 11.1 Å². The van der Waals surface area contributed by atoms with E-state index >= 15 is 0 Å². The SMILES string of the molecule is Nc1cccnc1Nc1ccccc1-c1cccc(C=O)c1[N+](=O)[O-]. The molecule has 3 aromatic rings. The monoisotopic (exact) mass is 334 g/mol. The van der Waals surface area contributed by atoms with E-state index in [2.05, 4.69) is 10.3 Å². The van der Waals surface area contributed by atoms with Gasteiger partial charge in [0.05, 0.1) is 21.7 Å². The van der Waals surface area contributed by atoms with Crippen molar-refractivity contribution < 1.29 is 9.72 Å². The lowest BCUT2D eigenvalue weighted by Crippen LogP contribution is -2.02. The zero-order valence-corrected chi connectivity index (χ0v) is 13.0. The third-order valence-electron chi connectivity index (χ3n) is 3.69. The van der Waals surface area contributed by atoms with Gasteiger partial charge in [0.15, 0.2) is 12.1 Å². The molecule has 3 rings (SSSR count). The summed E-state index contributed by atoms with van der Waals surface area (Å²) in [4.78, 5) is 26.3. The average Bonchev–Trinajstić information content (AvgIpc) is 2.63. The highest BCUT2D eigenvalue weighted by Gasteiger charge is 2.22. The minimum Gasteiger partial charge on any atom is -0.396 e. The fourth-order valence-corrected chi connectivity index (χ4v) is 2.55. The topological polar surface area (TPSA) is 111 Å². The highest BCUT2D eigenvalue weighted by atomic mass is 16.6. The van der Waals surface area contributed by atoms with E-state index in [1.54, 1.807) is 54.7 Å². The number of carbonyl (C=O) groups excluding carboxylic acids is 1. The first-order valence-corrected chi connectivity index (χ1v) is 7.41. The second-order valence-electron chi connectivity index (χ2n) is 5.23. The molecule has 1 heterocycles. The average molecular weight is 334 g/mol. The number of hydrogen-bond donors (Lipinski definition) is 2. The molecule has 2 aromatic carbocycles.